The number of amides is 2. The van der Waals surface area contributed by atoms with E-state index < -0.39 is 0 Å². The van der Waals surface area contributed by atoms with E-state index in [-0.39, 0.29) is 18.4 Å². The zero-order valence-corrected chi connectivity index (χ0v) is 15.0. The van der Waals surface area contributed by atoms with Gasteiger partial charge in [0.15, 0.2) is 18.1 Å². The molecule has 0 radical (unpaired) electrons. The Kier molecular flexibility index (Phi) is 7.42. The number of hydrogen-bond acceptors (Lipinski definition) is 5. The first-order valence-corrected chi connectivity index (χ1v) is 8.28. The zero-order valence-electron chi connectivity index (χ0n) is 15.0. The fourth-order valence-electron chi connectivity index (χ4n) is 2.30. The minimum atomic E-state index is -0.266. The van der Waals surface area contributed by atoms with E-state index >= 15 is 0 Å². The number of methoxy groups -OCH3 is 1. The van der Waals surface area contributed by atoms with E-state index in [9.17, 15) is 9.59 Å². The lowest BCUT2D eigenvalue weighted by molar-refractivity contribution is -0.130. The lowest BCUT2D eigenvalue weighted by Gasteiger charge is -2.20. The molecule has 1 aromatic carbocycles. The maximum Gasteiger partial charge on any atom is 0.258 e. The minimum absolute atomic E-state index is 0.0739. The molecule has 7 heteroatoms. The molecule has 1 N–H and O–H groups in total. The van der Waals surface area contributed by atoms with E-state index in [4.69, 9.17) is 9.47 Å². The van der Waals surface area contributed by atoms with Crippen LogP contribution in [0.5, 0.6) is 11.5 Å². The van der Waals surface area contributed by atoms with Gasteiger partial charge in [-0.25, -0.2) is 0 Å². The van der Waals surface area contributed by atoms with Gasteiger partial charge in [0.25, 0.3) is 5.91 Å². The number of ether oxygens (including phenoxy) is 2. The van der Waals surface area contributed by atoms with Crippen LogP contribution in [0.2, 0.25) is 0 Å². The van der Waals surface area contributed by atoms with Crippen molar-refractivity contribution < 1.29 is 19.1 Å². The molecule has 0 atom stereocenters. The maximum absolute atomic E-state index is 11.9. The minimum Gasteiger partial charge on any atom is -0.493 e. The predicted octanol–water partition coefficient (Wildman–Crippen LogP) is 1.63. The highest BCUT2D eigenvalue weighted by atomic mass is 16.5. The van der Waals surface area contributed by atoms with Crippen LogP contribution in [0.25, 0.3) is 0 Å². The zero-order chi connectivity index (χ0) is 18.8. The van der Waals surface area contributed by atoms with Crippen molar-refractivity contribution in [3.63, 3.8) is 0 Å². The van der Waals surface area contributed by atoms with Crippen LogP contribution in [-0.2, 0) is 16.1 Å². The molecule has 0 fully saturated rings. The molecule has 7 nitrogen and oxygen atoms in total. The van der Waals surface area contributed by atoms with Crippen LogP contribution in [0.15, 0.2) is 48.7 Å². The molecule has 0 bridgehead atoms. The van der Waals surface area contributed by atoms with Crippen molar-refractivity contribution in [1.82, 2.24) is 15.2 Å². The second kappa shape index (κ2) is 10.0. The Balaban J connectivity index is 1.76. The SMILES string of the molecule is COc1ccccc1OCC(=O)NCCN(Cc1ccccn1)C(C)=O. The van der Waals surface area contributed by atoms with Gasteiger partial charge in [-0.15, -0.1) is 0 Å². The van der Waals surface area contributed by atoms with Gasteiger partial charge in [-0.3, -0.25) is 14.6 Å². The molecule has 1 aromatic heterocycles. The number of nitrogens with zero attached hydrogens (tertiary/aromatic N) is 2. The first-order chi connectivity index (χ1) is 12.6. The average Bonchev–Trinajstić information content (AvgIpc) is 2.66. The number of nitrogens with one attached hydrogen (secondary N) is 1. The third-order valence-corrected chi connectivity index (χ3v) is 3.66. The number of para-hydroxylation sites is 2. The van der Waals surface area contributed by atoms with Gasteiger partial charge < -0.3 is 19.7 Å². The largest absolute Gasteiger partial charge is 0.493 e. The van der Waals surface area contributed by atoms with Crippen molar-refractivity contribution in [1.29, 1.82) is 0 Å². The first-order valence-electron chi connectivity index (χ1n) is 8.28. The fraction of sp³-hybridized carbons (Fsp3) is 0.316. The highest BCUT2D eigenvalue weighted by molar-refractivity contribution is 5.77. The summed E-state index contributed by atoms with van der Waals surface area (Å²) in [5.41, 5.74) is 0.800. The van der Waals surface area contributed by atoms with Crippen LogP contribution >= 0.6 is 0 Å². The second-order valence-electron chi connectivity index (χ2n) is 5.55. The van der Waals surface area contributed by atoms with Gasteiger partial charge in [0.2, 0.25) is 5.91 Å². The van der Waals surface area contributed by atoms with Gasteiger partial charge in [0, 0.05) is 26.2 Å². The molecule has 0 aliphatic carbocycles. The van der Waals surface area contributed by atoms with E-state index in [0.717, 1.165) is 5.69 Å². The molecule has 2 amide bonds. The van der Waals surface area contributed by atoms with E-state index in [1.807, 2.05) is 24.3 Å². The van der Waals surface area contributed by atoms with E-state index in [1.54, 1.807) is 36.4 Å². The summed E-state index contributed by atoms with van der Waals surface area (Å²) in [5, 5.41) is 2.74. The molecule has 0 saturated heterocycles. The molecule has 138 valence electrons. The summed E-state index contributed by atoms with van der Waals surface area (Å²) in [6.07, 6.45) is 1.69. The monoisotopic (exact) mass is 357 g/mol. The Morgan fingerprint density at radius 3 is 2.50 bits per heavy atom. The van der Waals surface area contributed by atoms with Crippen LogP contribution in [0.3, 0.4) is 0 Å². The lowest BCUT2D eigenvalue weighted by Crippen LogP contribution is -2.38. The molecular weight excluding hydrogens is 334 g/mol. The Morgan fingerprint density at radius 1 is 1.12 bits per heavy atom. The number of benzene rings is 1. The van der Waals surface area contributed by atoms with Crippen molar-refractivity contribution in [2.24, 2.45) is 0 Å². The quantitative estimate of drug-likeness (QED) is 0.738. The number of pyridine rings is 1. The van der Waals surface area contributed by atoms with Crippen molar-refractivity contribution in [3.8, 4) is 11.5 Å². The highest BCUT2D eigenvalue weighted by Crippen LogP contribution is 2.25. The van der Waals surface area contributed by atoms with Gasteiger partial charge in [0.05, 0.1) is 19.3 Å². The molecule has 2 aromatic rings. The molecule has 26 heavy (non-hydrogen) atoms. The summed E-state index contributed by atoms with van der Waals surface area (Å²) in [7, 11) is 1.54. The number of aromatic nitrogens is 1. The third kappa shape index (κ3) is 6.08. The topological polar surface area (TPSA) is 80.8 Å². The molecule has 0 aliphatic rings. The van der Waals surface area contributed by atoms with Gasteiger partial charge in [-0.05, 0) is 24.3 Å². The van der Waals surface area contributed by atoms with Crippen LogP contribution < -0.4 is 14.8 Å². The number of hydrogen-bond donors (Lipinski definition) is 1. The number of rotatable bonds is 9. The second-order valence-corrected chi connectivity index (χ2v) is 5.55. The maximum atomic E-state index is 11.9. The molecule has 0 spiro atoms. The summed E-state index contributed by atoms with van der Waals surface area (Å²) >= 11 is 0. The molecule has 2 rings (SSSR count). The summed E-state index contributed by atoms with van der Waals surface area (Å²) in [6, 6.07) is 12.7. The van der Waals surface area contributed by atoms with Crippen molar-refractivity contribution >= 4 is 11.8 Å². The smallest absolute Gasteiger partial charge is 0.258 e. The Hall–Kier alpha value is -3.09. The molecule has 0 saturated carbocycles. The Labute approximate surface area is 152 Å². The normalized spacial score (nSPS) is 10.1. The molecule has 0 unspecified atom stereocenters. The van der Waals surface area contributed by atoms with Crippen LogP contribution in [0.4, 0.5) is 0 Å². The summed E-state index contributed by atoms with van der Waals surface area (Å²) in [6.45, 7) is 2.51. The van der Waals surface area contributed by atoms with E-state index in [1.165, 1.54) is 6.92 Å². The van der Waals surface area contributed by atoms with Gasteiger partial charge in [-0.1, -0.05) is 18.2 Å². The first kappa shape index (κ1) is 19.2. The summed E-state index contributed by atoms with van der Waals surface area (Å²) < 4.78 is 10.6. The lowest BCUT2D eigenvalue weighted by atomic mass is 10.3. The van der Waals surface area contributed by atoms with E-state index in [0.29, 0.717) is 31.1 Å². The third-order valence-electron chi connectivity index (χ3n) is 3.66. The van der Waals surface area contributed by atoms with Crippen LogP contribution in [0, 0.1) is 0 Å². The highest BCUT2D eigenvalue weighted by Gasteiger charge is 2.11. The molecular formula is C19H23N3O4. The van der Waals surface area contributed by atoms with Gasteiger partial charge in [0.1, 0.15) is 0 Å². The molecule has 0 aliphatic heterocycles. The Bertz CT molecular complexity index is 722. The predicted molar refractivity (Wildman–Crippen MR) is 96.8 cm³/mol. The summed E-state index contributed by atoms with van der Waals surface area (Å²) in [4.78, 5) is 29.5. The number of carbonyl (C=O) groups excluding carboxylic acids is 2. The standard InChI is InChI=1S/C19H23N3O4/c1-15(23)22(13-16-7-5-6-10-20-16)12-11-21-19(24)14-26-18-9-4-3-8-17(18)25-2/h3-10H,11-14H2,1-2H3,(H,21,24). The van der Waals surface area contributed by atoms with Gasteiger partial charge in [-0.2, -0.15) is 0 Å². The van der Waals surface area contributed by atoms with Crippen molar-refractivity contribution in [2.45, 2.75) is 13.5 Å². The number of carbonyl (C=O) groups is 2. The fourth-order valence-corrected chi connectivity index (χ4v) is 2.30. The van der Waals surface area contributed by atoms with Crippen molar-refractivity contribution in [2.75, 3.05) is 26.8 Å². The van der Waals surface area contributed by atoms with Crippen LogP contribution in [0.1, 0.15) is 12.6 Å². The van der Waals surface area contributed by atoms with Crippen LogP contribution in [-0.4, -0.2) is 48.5 Å². The van der Waals surface area contributed by atoms with Gasteiger partial charge >= 0.3 is 0 Å². The Morgan fingerprint density at radius 2 is 1.85 bits per heavy atom. The molecule has 1 heterocycles. The van der Waals surface area contributed by atoms with Crippen molar-refractivity contribution in [3.05, 3.63) is 54.4 Å². The van der Waals surface area contributed by atoms with E-state index in [2.05, 4.69) is 10.3 Å². The average molecular weight is 357 g/mol. The summed E-state index contributed by atoms with van der Waals surface area (Å²) in [5.74, 6) is 0.733.